The van der Waals surface area contributed by atoms with Gasteiger partial charge in [-0.05, 0) is 42.8 Å². The third-order valence-electron chi connectivity index (χ3n) is 4.66. The van der Waals surface area contributed by atoms with Crippen molar-refractivity contribution in [2.45, 2.75) is 11.8 Å². The largest absolute Gasteiger partial charge is 0.508 e. The molecule has 8 heteroatoms. The summed E-state index contributed by atoms with van der Waals surface area (Å²) in [6, 6.07) is 14.5. The van der Waals surface area contributed by atoms with Gasteiger partial charge in [0.25, 0.3) is 15.9 Å². The molecule has 2 aromatic heterocycles. The molecule has 3 N–H and O–H groups in total. The summed E-state index contributed by atoms with van der Waals surface area (Å²) in [5.74, 6) is -0.631. The molecule has 1 amide bonds. The van der Waals surface area contributed by atoms with Crippen LogP contribution in [0.15, 0.2) is 71.9 Å². The second-order valence-corrected chi connectivity index (χ2v) is 8.48. The van der Waals surface area contributed by atoms with E-state index in [1.165, 1.54) is 36.7 Å². The van der Waals surface area contributed by atoms with Crippen LogP contribution in [0.3, 0.4) is 0 Å². The van der Waals surface area contributed by atoms with Crippen LogP contribution in [0.2, 0.25) is 0 Å². The monoisotopic (exact) mass is 407 g/mol. The quantitative estimate of drug-likeness (QED) is 0.539. The van der Waals surface area contributed by atoms with Crippen molar-refractivity contribution in [2.75, 3.05) is 0 Å². The number of primary amides is 1. The van der Waals surface area contributed by atoms with E-state index >= 15 is 0 Å². The van der Waals surface area contributed by atoms with E-state index in [4.69, 9.17) is 5.73 Å². The highest BCUT2D eigenvalue weighted by Crippen LogP contribution is 2.29. The molecular formula is C21H17N3O4S. The number of nitrogens with zero attached hydrogens (tertiary/aromatic N) is 2. The third kappa shape index (κ3) is 3.23. The van der Waals surface area contributed by atoms with Crippen molar-refractivity contribution in [1.82, 2.24) is 8.96 Å². The molecule has 2 heterocycles. The topological polar surface area (TPSA) is 115 Å². The van der Waals surface area contributed by atoms with E-state index in [9.17, 15) is 18.3 Å². The fourth-order valence-electron chi connectivity index (χ4n) is 3.09. The summed E-state index contributed by atoms with van der Waals surface area (Å²) in [7, 11) is -3.96. The number of nitrogens with two attached hydrogens (primary N) is 1. The summed E-state index contributed by atoms with van der Waals surface area (Å²) in [5.41, 5.74) is 8.00. The third-order valence-corrected chi connectivity index (χ3v) is 6.32. The molecule has 146 valence electrons. The van der Waals surface area contributed by atoms with Gasteiger partial charge in [0.05, 0.1) is 10.5 Å². The summed E-state index contributed by atoms with van der Waals surface area (Å²) >= 11 is 0. The van der Waals surface area contributed by atoms with Gasteiger partial charge >= 0.3 is 0 Å². The van der Waals surface area contributed by atoms with Crippen LogP contribution in [0.25, 0.3) is 22.2 Å². The van der Waals surface area contributed by atoms with Gasteiger partial charge in [-0.1, -0.05) is 29.8 Å². The van der Waals surface area contributed by atoms with Gasteiger partial charge in [-0.15, -0.1) is 0 Å². The molecule has 0 aliphatic rings. The van der Waals surface area contributed by atoms with E-state index in [1.54, 1.807) is 30.3 Å². The zero-order valence-corrected chi connectivity index (χ0v) is 16.2. The maximum absolute atomic E-state index is 13.1. The maximum atomic E-state index is 13.1. The lowest BCUT2D eigenvalue weighted by molar-refractivity contribution is 0.100. The minimum Gasteiger partial charge on any atom is -0.508 e. The molecule has 0 bridgehead atoms. The van der Waals surface area contributed by atoms with E-state index in [2.05, 4.69) is 4.98 Å². The predicted octanol–water partition coefficient (Wildman–Crippen LogP) is 3.05. The Morgan fingerprint density at radius 2 is 1.69 bits per heavy atom. The second kappa shape index (κ2) is 6.75. The number of carbonyl (C=O) groups is 1. The Labute approximate surface area is 167 Å². The van der Waals surface area contributed by atoms with Crippen LogP contribution in [-0.4, -0.2) is 28.4 Å². The minimum absolute atomic E-state index is 0.0591. The highest BCUT2D eigenvalue weighted by molar-refractivity contribution is 7.90. The molecule has 0 radical (unpaired) electrons. The molecule has 4 aromatic rings. The van der Waals surface area contributed by atoms with Crippen LogP contribution in [0.4, 0.5) is 0 Å². The molecule has 0 fully saturated rings. The number of aryl methyl sites for hydroxylation is 1. The first-order valence-electron chi connectivity index (χ1n) is 8.70. The van der Waals surface area contributed by atoms with Gasteiger partial charge in [0.2, 0.25) is 0 Å². The molecular weight excluding hydrogens is 390 g/mol. The van der Waals surface area contributed by atoms with Gasteiger partial charge in [-0.25, -0.2) is 17.4 Å². The Morgan fingerprint density at radius 3 is 2.31 bits per heavy atom. The number of phenolic OH excluding ortho intramolecular Hbond substituents is 1. The van der Waals surface area contributed by atoms with Crippen molar-refractivity contribution >= 4 is 27.0 Å². The molecule has 0 aliphatic carbocycles. The van der Waals surface area contributed by atoms with Crippen molar-refractivity contribution in [3.05, 3.63) is 78.1 Å². The van der Waals surface area contributed by atoms with Gasteiger partial charge in [0.1, 0.15) is 5.75 Å². The lowest BCUT2D eigenvalue weighted by Crippen LogP contribution is -2.13. The van der Waals surface area contributed by atoms with Crippen molar-refractivity contribution < 1.29 is 18.3 Å². The van der Waals surface area contributed by atoms with E-state index in [-0.39, 0.29) is 21.9 Å². The lowest BCUT2D eigenvalue weighted by atomic mass is 10.1. The summed E-state index contributed by atoms with van der Waals surface area (Å²) in [6.45, 7) is 1.86. The molecule has 0 atom stereocenters. The Morgan fingerprint density at radius 1 is 1.03 bits per heavy atom. The number of hydrogen-bond donors (Lipinski definition) is 2. The molecule has 0 aliphatic heterocycles. The number of phenols is 1. The molecule has 0 unspecified atom stereocenters. The highest BCUT2D eigenvalue weighted by atomic mass is 32.2. The number of rotatable bonds is 4. The summed E-state index contributed by atoms with van der Waals surface area (Å²) in [4.78, 5) is 16.4. The Kier molecular flexibility index (Phi) is 4.35. The molecule has 0 spiro atoms. The summed E-state index contributed by atoms with van der Waals surface area (Å²) in [5, 5.41) is 9.80. The van der Waals surface area contributed by atoms with E-state index in [1.807, 2.05) is 6.92 Å². The molecule has 0 saturated carbocycles. The number of hydrogen-bond acceptors (Lipinski definition) is 5. The van der Waals surface area contributed by atoms with Crippen LogP contribution < -0.4 is 5.73 Å². The summed E-state index contributed by atoms with van der Waals surface area (Å²) < 4.78 is 27.2. The number of aromatic nitrogens is 2. The molecule has 2 aromatic carbocycles. The smallest absolute Gasteiger partial charge is 0.269 e. The first kappa shape index (κ1) is 18.7. The number of amides is 1. The van der Waals surface area contributed by atoms with Crippen molar-refractivity contribution in [3.8, 4) is 16.9 Å². The van der Waals surface area contributed by atoms with E-state index in [0.29, 0.717) is 10.9 Å². The van der Waals surface area contributed by atoms with Crippen molar-refractivity contribution in [1.29, 1.82) is 0 Å². The highest BCUT2D eigenvalue weighted by Gasteiger charge is 2.24. The van der Waals surface area contributed by atoms with Crippen molar-refractivity contribution in [3.63, 3.8) is 0 Å². The zero-order valence-electron chi connectivity index (χ0n) is 15.4. The van der Waals surface area contributed by atoms with Gasteiger partial charge in [0.15, 0.2) is 5.65 Å². The number of benzene rings is 2. The van der Waals surface area contributed by atoms with Crippen molar-refractivity contribution in [2.24, 2.45) is 5.73 Å². The number of fused-ring (bicyclic) bond motifs is 1. The average Bonchev–Trinajstić information content (AvgIpc) is 3.09. The van der Waals surface area contributed by atoms with E-state index < -0.39 is 15.9 Å². The molecule has 0 saturated heterocycles. The number of carbonyl (C=O) groups excluding carboxylic acids is 1. The Balaban J connectivity index is 1.93. The number of aromatic hydroxyl groups is 1. The lowest BCUT2D eigenvalue weighted by Gasteiger charge is -2.08. The predicted molar refractivity (Wildman–Crippen MR) is 109 cm³/mol. The fraction of sp³-hybridized carbons (Fsp3) is 0.0476. The van der Waals surface area contributed by atoms with E-state index in [0.717, 1.165) is 15.1 Å². The Hall–Kier alpha value is -3.65. The molecule has 29 heavy (non-hydrogen) atoms. The van der Waals surface area contributed by atoms with Gasteiger partial charge in [-0.2, -0.15) is 0 Å². The number of pyridine rings is 1. The standard InChI is InChI=1S/C21H17N3O4S/c1-13-2-8-17(9-3-13)29(27,28)24-12-19(20(22)26)18-10-15(11-23-21(18)24)14-4-6-16(25)7-5-14/h2-12,25H,1H3,(H2,22,26). The Bertz CT molecular complexity index is 1340. The minimum atomic E-state index is -3.96. The van der Waals surface area contributed by atoms with Crippen LogP contribution in [0.5, 0.6) is 5.75 Å². The zero-order chi connectivity index (χ0) is 20.8. The second-order valence-electron chi connectivity index (χ2n) is 6.66. The van der Waals surface area contributed by atoms with Crippen LogP contribution in [0, 0.1) is 6.92 Å². The summed E-state index contributed by atoms with van der Waals surface area (Å²) in [6.07, 6.45) is 2.72. The van der Waals surface area contributed by atoms with Gasteiger partial charge in [0, 0.05) is 23.3 Å². The average molecular weight is 407 g/mol. The maximum Gasteiger partial charge on any atom is 0.269 e. The molecule has 4 rings (SSSR count). The van der Waals surface area contributed by atoms with Crippen LogP contribution in [0.1, 0.15) is 15.9 Å². The first-order valence-corrected chi connectivity index (χ1v) is 10.1. The van der Waals surface area contributed by atoms with Gasteiger partial charge < -0.3 is 10.8 Å². The SMILES string of the molecule is Cc1ccc(S(=O)(=O)n2cc(C(N)=O)c3cc(-c4ccc(O)cc4)cnc32)cc1. The normalized spacial score (nSPS) is 11.6. The van der Waals surface area contributed by atoms with Crippen LogP contribution >= 0.6 is 0 Å². The molecule has 7 nitrogen and oxygen atoms in total. The first-order chi connectivity index (χ1) is 13.8. The van der Waals surface area contributed by atoms with Gasteiger partial charge in [-0.3, -0.25) is 4.79 Å². The fourth-order valence-corrected chi connectivity index (χ4v) is 4.42. The van der Waals surface area contributed by atoms with Crippen LogP contribution in [-0.2, 0) is 10.0 Å².